The smallest absolute Gasteiger partial charge is 0.129 e. The van der Waals surface area contributed by atoms with Gasteiger partial charge in [-0.25, -0.2) is 0 Å². The van der Waals surface area contributed by atoms with Crippen molar-refractivity contribution in [1.82, 2.24) is 4.90 Å². The molecule has 0 N–H and O–H groups in total. The highest BCUT2D eigenvalue weighted by molar-refractivity contribution is 5.66. The van der Waals surface area contributed by atoms with Crippen LogP contribution in [0.3, 0.4) is 0 Å². The van der Waals surface area contributed by atoms with Gasteiger partial charge < -0.3 is 4.90 Å². The molecule has 2 aromatic carbocycles. The summed E-state index contributed by atoms with van der Waals surface area (Å²) >= 11 is 0. The highest BCUT2D eigenvalue weighted by atomic mass is 15.1. The van der Waals surface area contributed by atoms with E-state index < -0.39 is 0 Å². The van der Waals surface area contributed by atoms with Gasteiger partial charge in [0.05, 0.1) is 0 Å². The zero-order valence-corrected chi connectivity index (χ0v) is 16.3. The molecule has 1 aliphatic heterocycles. The standard InChI is InChI=1S/C25H25N3/c1-20-7-10-24(11-8-20)25(12-9-23(18-26)19-27)28-15-13-22(14-16-28)17-21-5-3-2-4-6-21/h2-12,22H,13-17H2,1H3/b25-12-. The number of hydrogen-bond acceptors (Lipinski definition) is 3. The number of allylic oxidation sites excluding steroid dienone is 3. The molecule has 0 aromatic heterocycles. The first-order valence-electron chi connectivity index (χ1n) is 9.77. The number of hydrogen-bond donors (Lipinski definition) is 0. The Balaban J connectivity index is 1.75. The molecular weight excluding hydrogens is 342 g/mol. The molecule has 0 spiro atoms. The molecule has 1 fully saturated rings. The topological polar surface area (TPSA) is 50.8 Å². The van der Waals surface area contributed by atoms with Gasteiger partial charge in [-0.3, -0.25) is 0 Å². The molecule has 1 heterocycles. The van der Waals surface area contributed by atoms with Crippen LogP contribution >= 0.6 is 0 Å². The average Bonchev–Trinajstić information content (AvgIpc) is 2.74. The quantitative estimate of drug-likeness (QED) is 0.535. The van der Waals surface area contributed by atoms with Crippen LogP contribution in [0.5, 0.6) is 0 Å². The fourth-order valence-electron chi connectivity index (χ4n) is 3.70. The van der Waals surface area contributed by atoms with Crippen molar-refractivity contribution in [3.63, 3.8) is 0 Å². The molecule has 0 bridgehead atoms. The molecule has 1 aliphatic rings. The first kappa shape index (κ1) is 19.5. The Kier molecular flexibility index (Phi) is 6.66. The van der Waals surface area contributed by atoms with Gasteiger partial charge in [0.25, 0.3) is 0 Å². The molecule has 3 heteroatoms. The largest absolute Gasteiger partial charge is 0.371 e. The van der Waals surface area contributed by atoms with Crippen LogP contribution in [-0.2, 0) is 6.42 Å². The summed E-state index contributed by atoms with van der Waals surface area (Å²) in [6, 6.07) is 23.0. The van der Waals surface area contributed by atoms with Gasteiger partial charge >= 0.3 is 0 Å². The lowest BCUT2D eigenvalue weighted by atomic mass is 9.89. The third-order valence-electron chi connectivity index (χ3n) is 5.32. The Morgan fingerprint density at radius 3 is 2.21 bits per heavy atom. The molecule has 0 unspecified atom stereocenters. The highest BCUT2D eigenvalue weighted by Gasteiger charge is 2.21. The molecule has 0 amide bonds. The van der Waals surface area contributed by atoms with Crippen LogP contribution in [-0.4, -0.2) is 18.0 Å². The van der Waals surface area contributed by atoms with Gasteiger partial charge in [-0.1, -0.05) is 60.2 Å². The van der Waals surface area contributed by atoms with E-state index in [9.17, 15) is 0 Å². The molecule has 1 saturated heterocycles. The summed E-state index contributed by atoms with van der Waals surface area (Å²) < 4.78 is 0. The summed E-state index contributed by atoms with van der Waals surface area (Å²) in [5.74, 6) is 0.697. The van der Waals surface area contributed by atoms with E-state index in [1.54, 1.807) is 6.08 Å². The van der Waals surface area contributed by atoms with Crippen LogP contribution in [0, 0.1) is 35.5 Å². The zero-order chi connectivity index (χ0) is 19.8. The van der Waals surface area contributed by atoms with E-state index in [1.807, 2.05) is 18.2 Å². The minimum absolute atomic E-state index is 0.128. The van der Waals surface area contributed by atoms with Gasteiger partial charge in [0.1, 0.15) is 17.7 Å². The first-order chi connectivity index (χ1) is 13.7. The number of piperidine rings is 1. The van der Waals surface area contributed by atoms with Gasteiger partial charge in [0.15, 0.2) is 0 Å². The zero-order valence-electron chi connectivity index (χ0n) is 16.3. The van der Waals surface area contributed by atoms with Crippen LogP contribution in [0.2, 0.25) is 0 Å². The molecular formula is C25H25N3. The minimum atomic E-state index is 0.128. The number of benzene rings is 2. The summed E-state index contributed by atoms with van der Waals surface area (Å²) in [7, 11) is 0. The average molecular weight is 367 g/mol. The number of likely N-dealkylation sites (tertiary alicyclic amines) is 1. The van der Waals surface area contributed by atoms with Crippen molar-refractivity contribution in [1.29, 1.82) is 10.5 Å². The molecule has 0 radical (unpaired) electrons. The molecule has 0 saturated carbocycles. The van der Waals surface area contributed by atoms with E-state index in [0.29, 0.717) is 5.92 Å². The van der Waals surface area contributed by atoms with E-state index >= 15 is 0 Å². The van der Waals surface area contributed by atoms with Gasteiger partial charge in [0, 0.05) is 18.8 Å². The fraction of sp³-hybridized carbons (Fsp3) is 0.280. The van der Waals surface area contributed by atoms with Gasteiger partial charge in [0.2, 0.25) is 0 Å². The Labute approximate surface area is 167 Å². The van der Waals surface area contributed by atoms with Crippen molar-refractivity contribution in [2.75, 3.05) is 13.1 Å². The Bertz CT molecular complexity index is 900. The summed E-state index contributed by atoms with van der Waals surface area (Å²) in [5.41, 5.74) is 4.96. The summed E-state index contributed by atoms with van der Waals surface area (Å²) in [6.45, 7) is 4.05. The lowest BCUT2D eigenvalue weighted by molar-refractivity contribution is 0.254. The third-order valence-corrected chi connectivity index (χ3v) is 5.32. The molecule has 0 aliphatic carbocycles. The Morgan fingerprint density at radius 2 is 1.61 bits per heavy atom. The fourth-order valence-corrected chi connectivity index (χ4v) is 3.70. The number of rotatable bonds is 5. The maximum atomic E-state index is 9.05. The second kappa shape index (κ2) is 9.58. The van der Waals surface area contributed by atoms with Crippen LogP contribution in [0.25, 0.3) is 5.70 Å². The molecule has 3 rings (SSSR count). The maximum absolute atomic E-state index is 9.05. The second-order valence-electron chi connectivity index (χ2n) is 7.34. The van der Waals surface area contributed by atoms with E-state index in [0.717, 1.165) is 43.6 Å². The molecule has 140 valence electrons. The maximum Gasteiger partial charge on any atom is 0.129 e. The second-order valence-corrected chi connectivity index (χ2v) is 7.34. The van der Waals surface area contributed by atoms with Gasteiger partial charge in [-0.2, -0.15) is 10.5 Å². The van der Waals surface area contributed by atoms with Crippen molar-refractivity contribution in [2.45, 2.75) is 26.2 Å². The highest BCUT2D eigenvalue weighted by Crippen LogP contribution is 2.28. The predicted molar refractivity (Wildman–Crippen MR) is 113 cm³/mol. The normalized spacial score (nSPS) is 14.8. The molecule has 3 nitrogen and oxygen atoms in total. The van der Waals surface area contributed by atoms with E-state index in [2.05, 4.69) is 66.4 Å². The van der Waals surface area contributed by atoms with E-state index in [1.165, 1.54) is 11.1 Å². The van der Waals surface area contributed by atoms with E-state index in [-0.39, 0.29) is 5.57 Å². The number of nitrogens with zero attached hydrogens (tertiary/aromatic N) is 3. The van der Waals surface area contributed by atoms with Crippen molar-refractivity contribution in [3.05, 3.63) is 89.0 Å². The SMILES string of the molecule is Cc1ccc(/C(=C/C=C(C#N)C#N)N2CCC(Cc3ccccc3)CC2)cc1. The van der Waals surface area contributed by atoms with Crippen LogP contribution in [0.1, 0.15) is 29.5 Å². The number of aryl methyl sites for hydroxylation is 1. The summed E-state index contributed by atoms with van der Waals surface area (Å²) in [5, 5.41) is 18.1. The Morgan fingerprint density at radius 1 is 0.964 bits per heavy atom. The molecule has 0 atom stereocenters. The predicted octanol–water partition coefficient (Wildman–Crippen LogP) is 5.26. The first-order valence-corrected chi connectivity index (χ1v) is 9.77. The monoisotopic (exact) mass is 367 g/mol. The van der Waals surface area contributed by atoms with Crippen LogP contribution in [0.4, 0.5) is 0 Å². The lowest BCUT2D eigenvalue weighted by Gasteiger charge is -2.35. The van der Waals surface area contributed by atoms with Crippen molar-refractivity contribution >= 4 is 5.70 Å². The molecule has 28 heavy (non-hydrogen) atoms. The van der Waals surface area contributed by atoms with Crippen molar-refractivity contribution in [2.24, 2.45) is 5.92 Å². The van der Waals surface area contributed by atoms with Crippen LogP contribution < -0.4 is 0 Å². The van der Waals surface area contributed by atoms with Crippen molar-refractivity contribution < 1.29 is 0 Å². The minimum Gasteiger partial charge on any atom is -0.371 e. The summed E-state index contributed by atoms with van der Waals surface area (Å²) in [4.78, 5) is 2.38. The lowest BCUT2D eigenvalue weighted by Crippen LogP contribution is -2.33. The summed E-state index contributed by atoms with van der Waals surface area (Å²) in [6.07, 6.45) is 6.97. The van der Waals surface area contributed by atoms with Crippen LogP contribution in [0.15, 0.2) is 72.3 Å². The number of nitriles is 2. The van der Waals surface area contributed by atoms with Crippen molar-refractivity contribution in [3.8, 4) is 12.1 Å². The third kappa shape index (κ3) is 5.12. The molecule has 2 aromatic rings. The van der Waals surface area contributed by atoms with Gasteiger partial charge in [-0.15, -0.1) is 0 Å². The van der Waals surface area contributed by atoms with Gasteiger partial charge in [-0.05, 0) is 55.4 Å². The van der Waals surface area contributed by atoms with E-state index in [4.69, 9.17) is 10.5 Å². The Hall–Kier alpha value is -3.30.